The summed E-state index contributed by atoms with van der Waals surface area (Å²) in [5.74, 6) is -0.521. The van der Waals surface area contributed by atoms with Crippen molar-refractivity contribution in [1.82, 2.24) is 9.97 Å². The summed E-state index contributed by atoms with van der Waals surface area (Å²) in [6.45, 7) is 1.55. The Kier molecular flexibility index (Phi) is 4.21. The first-order chi connectivity index (χ1) is 9.61. The van der Waals surface area contributed by atoms with E-state index in [2.05, 4.69) is 15.3 Å². The largest absolute Gasteiger partial charge is 0.469 e. The molecule has 1 atom stereocenters. The fourth-order valence-corrected chi connectivity index (χ4v) is 1.79. The molecule has 0 aliphatic rings. The Hall–Kier alpha value is -2.54. The van der Waals surface area contributed by atoms with Crippen molar-refractivity contribution < 1.29 is 10.0 Å². The van der Waals surface area contributed by atoms with Gasteiger partial charge in [-0.1, -0.05) is 40.3 Å². The minimum atomic E-state index is -0.691. The van der Waals surface area contributed by atoms with Crippen LogP contribution in [0.15, 0.2) is 36.5 Å². The normalized spacial score (nSPS) is 11.9. The van der Waals surface area contributed by atoms with Crippen molar-refractivity contribution in [3.05, 3.63) is 57.9 Å². The average molecular weight is 274 g/mol. The molecule has 1 unspecified atom stereocenters. The maximum absolute atomic E-state index is 10.6. The summed E-state index contributed by atoms with van der Waals surface area (Å²) in [7, 11) is 0. The molecule has 0 saturated carbocycles. The van der Waals surface area contributed by atoms with Crippen LogP contribution in [0.4, 0.5) is 11.6 Å². The number of anilines is 1. The Morgan fingerprint density at radius 2 is 2.10 bits per heavy atom. The first-order valence-corrected chi connectivity index (χ1v) is 6.04. The quantitative estimate of drug-likeness (QED) is 0.639. The predicted octanol–water partition coefficient (Wildman–Crippen LogP) is 2.05. The molecule has 0 aliphatic heterocycles. The molecule has 104 valence electrons. The zero-order chi connectivity index (χ0) is 14.5. The van der Waals surface area contributed by atoms with Crippen LogP contribution < -0.4 is 5.32 Å². The fraction of sp³-hybridized carbons (Fsp3) is 0.231. The molecule has 2 aromatic rings. The monoisotopic (exact) mass is 274 g/mol. The lowest BCUT2D eigenvalue weighted by atomic mass is 10.1. The number of aromatic nitrogens is 2. The van der Waals surface area contributed by atoms with Crippen molar-refractivity contribution in [2.75, 3.05) is 5.32 Å². The number of aliphatic hydroxyl groups excluding tert-OH is 1. The fourth-order valence-electron chi connectivity index (χ4n) is 1.79. The van der Waals surface area contributed by atoms with Crippen molar-refractivity contribution >= 4 is 11.6 Å². The second kappa shape index (κ2) is 6.07. The van der Waals surface area contributed by atoms with Crippen molar-refractivity contribution in [2.45, 2.75) is 19.6 Å². The van der Waals surface area contributed by atoms with E-state index in [-0.39, 0.29) is 11.7 Å². The van der Waals surface area contributed by atoms with E-state index in [4.69, 9.17) is 0 Å². The standard InChI is InChI=1S/C13H14N4O3/c1-9(10-5-3-2-4-6-10)15-11-7-14-13(17(19)20)16-12(11)8-18/h2-7,9,15,18H,8H2,1H3. The van der Waals surface area contributed by atoms with Gasteiger partial charge >= 0.3 is 5.95 Å². The van der Waals surface area contributed by atoms with Gasteiger partial charge in [0.05, 0.1) is 0 Å². The van der Waals surface area contributed by atoms with Crippen molar-refractivity contribution in [1.29, 1.82) is 0 Å². The lowest BCUT2D eigenvalue weighted by Crippen LogP contribution is -2.11. The molecule has 0 spiro atoms. The Morgan fingerprint density at radius 1 is 1.40 bits per heavy atom. The number of benzene rings is 1. The number of aliphatic hydroxyl groups is 1. The molecule has 0 fully saturated rings. The maximum Gasteiger partial charge on any atom is 0.469 e. The van der Waals surface area contributed by atoms with E-state index in [9.17, 15) is 15.2 Å². The molecule has 1 aromatic carbocycles. The summed E-state index contributed by atoms with van der Waals surface area (Å²) in [5.41, 5.74) is 1.73. The van der Waals surface area contributed by atoms with E-state index < -0.39 is 17.5 Å². The van der Waals surface area contributed by atoms with Gasteiger partial charge in [0.25, 0.3) is 0 Å². The van der Waals surface area contributed by atoms with Crippen LogP contribution in [0.2, 0.25) is 0 Å². The Bertz CT molecular complexity index is 604. The third-order valence-corrected chi connectivity index (χ3v) is 2.84. The van der Waals surface area contributed by atoms with Gasteiger partial charge in [0.1, 0.15) is 18.5 Å². The van der Waals surface area contributed by atoms with Crippen LogP contribution in [0.5, 0.6) is 0 Å². The summed E-state index contributed by atoms with van der Waals surface area (Å²) in [5, 5.41) is 23.0. The van der Waals surface area contributed by atoms with Crippen LogP contribution in [0.25, 0.3) is 0 Å². The summed E-state index contributed by atoms with van der Waals surface area (Å²) in [6.07, 6.45) is 1.32. The van der Waals surface area contributed by atoms with Gasteiger partial charge in [0.2, 0.25) is 0 Å². The number of nitrogens with zero attached hydrogens (tertiary/aromatic N) is 3. The molecule has 0 bridgehead atoms. The minimum absolute atomic E-state index is 0.0356. The SMILES string of the molecule is CC(Nc1cnc([N+](=O)[O-])nc1CO)c1ccccc1. The van der Waals surface area contributed by atoms with E-state index in [1.165, 1.54) is 6.20 Å². The molecular weight excluding hydrogens is 260 g/mol. The molecule has 7 nitrogen and oxygen atoms in total. The zero-order valence-electron chi connectivity index (χ0n) is 10.9. The number of hydrogen-bond donors (Lipinski definition) is 2. The van der Waals surface area contributed by atoms with Gasteiger partial charge in [-0.25, -0.2) is 0 Å². The zero-order valence-corrected chi connectivity index (χ0v) is 10.9. The van der Waals surface area contributed by atoms with Crippen LogP contribution >= 0.6 is 0 Å². The average Bonchev–Trinajstić information content (AvgIpc) is 2.48. The van der Waals surface area contributed by atoms with Crippen LogP contribution in [-0.2, 0) is 6.61 Å². The smallest absolute Gasteiger partial charge is 0.390 e. The molecule has 2 N–H and O–H groups in total. The van der Waals surface area contributed by atoms with E-state index in [1.807, 2.05) is 37.3 Å². The summed E-state index contributed by atoms with van der Waals surface area (Å²) in [6, 6.07) is 9.65. The van der Waals surface area contributed by atoms with Crippen LogP contribution in [0.3, 0.4) is 0 Å². The molecule has 7 heteroatoms. The van der Waals surface area contributed by atoms with Gasteiger partial charge in [0.15, 0.2) is 5.69 Å². The molecular formula is C13H14N4O3. The van der Waals surface area contributed by atoms with Gasteiger partial charge in [-0.2, -0.15) is 0 Å². The number of nitrogens with one attached hydrogen (secondary N) is 1. The molecule has 2 rings (SSSR count). The summed E-state index contributed by atoms with van der Waals surface area (Å²) in [4.78, 5) is 17.3. The lowest BCUT2D eigenvalue weighted by molar-refractivity contribution is -0.394. The molecule has 0 aliphatic carbocycles. The highest BCUT2D eigenvalue weighted by Crippen LogP contribution is 2.22. The van der Waals surface area contributed by atoms with E-state index in [0.717, 1.165) is 5.56 Å². The Balaban J connectivity index is 2.23. The molecule has 0 radical (unpaired) electrons. The van der Waals surface area contributed by atoms with Crippen molar-refractivity contribution in [3.8, 4) is 0 Å². The third kappa shape index (κ3) is 3.07. The molecule has 20 heavy (non-hydrogen) atoms. The first kappa shape index (κ1) is 13.9. The number of hydrogen-bond acceptors (Lipinski definition) is 6. The lowest BCUT2D eigenvalue weighted by Gasteiger charge is -2.15. The van der Waals surface area contributed by atoms with E-state index in [0.29, 0.717) is 5.69 Å². The summed E-state index contributed by atoms with van der Waals surface area (Å²) < 4.78 is 0. The van der Waals surface area contributed by atoms with Crippen LogP contribution in [-0.4, -0.2) is 20.0 Å². The Labute approximate surface area is 115 Å². The topological polar surface area (TPSA) is 101 Å². The number of rotatable bonds is 5. The predicted molar refractivity (Wildman–Crippen MR) is 73.1 cm³/mol. The van der Waals surface area contributed by atoms with Gasteiger partial charge in [-0.15, -0.1) is 0 Å². The van der Waals surface area contributed by atoms with Gasteiger partial charge in [-0.05, 0) is 17.4 Å². The molecule has 1 heterocycles. The minimum Gasteiger partial charge on any atom is -0.390 e. The molecule has 0 amide bonds. The Morgan fingerprint density at radius 3 is 2.70 bits per heavy atom. The second-order valence-corrected chi connectivity index (χ2v) is 4.22. The van der Waals surface area contributed by atoms with E-state index in [1.54, 1.807) is 0 Å². The summed E-state index contributed by atoms with van der Waals surface area (Å²) >= 11 is 0. The number of nitro groups is 1. The second-order valence-electron chi connectivity index (χ2n) is 4.22. The van der Waals surface area contributed by atoms with Crippen LogP contribution in [0, 0.1) is 10.1 Å². The highest BCUT2D eigenvalue weighted by atomic mass is 16.6. The molecule has 1 aromatic heterocycles. The van der Waals surface area contributed by atoms with Gasteiger partial charge < -0.3 is 20.5 Å². The van der Waals surface area contributed by atoms with Gasteiger partial charge in [0, 0.05) is 6.04 Å². The van der Waals surface area contributed by atoms with Gasteiger partial charge in [-0.3, -0.25) is 0 Å². The third-order valence-electron chi connectivity index (χ3n) is 2.84. The van der Waals surface area contributed by atoms with Crippen molar-refractivity contribution in [2.24, 2.45) is 0 Å². The van der Waals surface area contributed by atoms with E-state index >= 15 is 0 Å². The highest BCUT2D eigenvalue weighted by molar-refractivity contribution is 5.48. The highest BCUT2D eigenvalue weighted by Gasteiger charge is 2.17. The first-order valence-electron chi connectivity index (χ1n) is 6.04. The van der Waals surface area contributed by atoms with Crippen molar-refractivity contribution in [3.63, 3.8) is 0 Å². The van der Waals surface area contributed by atoms with Crippen LogP contribution in [0.1, 0.15) is 24.2 Å². The molecule has 0 saturated heterocycles. The maximum atomic E-state index is 10.6.